The second kappa shape index (κ2) is 9.46. The predicted molar refractivity (Wildman–Crippen MR) is 132 cm³/mol. The van der Waals surface area contributed by atoms with Crippen LogP contribution in [0.15, 0.2) is 57.1 Å². The number of nitrogens with one attached hydrogen (secondary N) is 2. The molecule has 0 amide bonds. The number of hydrogen-bond acceptors (Lipinski definition) is 6. The van der Waals surface area contributed by atoms with Gasteiger partial charge in [0.25, 0.3) is 5.56 Å². The maximum absolute atomic E-state index is 12.9. The Labute approximate surface area is 198 Å². The fraction of sp³-hybridized carbons (Fsp3) is 0.423. The topological polar surface area (TPSA) is 96.2 Å². The van der Waals surface area contributed by atoms with Gasteiger partial charge in [-0.25, -0.2) is 4.79 Å². The summed E-state index contributed by atoms with van der Waals surface area (Å²) in [6.45, 7) is 7.90. The van der Waals surface area contributed by atoms with Gasteiger partial charge in [-0.15, -0.1) is 6.58 Å². The predicted octanol–water partition coefficient (Wildman–Crippen LogP) is 3.70. The minimum atomic E-state index is -0.388. The van der Waals surface area contributed by atoms with Crippen LogP contribution < -0.4 is 16.6 Å². The fourth-order valence-corrected chi connectivity index (χ4v) is 5.30. The lowest BCUT2D eigenvalue weighted by atomic mass is 9.95. The highest BCUT2D eigenvalue weighted by atomic mass is 16.5. The summed E-state index contributed by atoms with van der Waals surface area (Å²) < 4.78 is 6.56. The first kappa shape index (κ1) is 22.4. The van der Waals surface area contributed by atoms with Crippen LogP contribution in [-0.4, -0.2) is 32.7 Å². The van der Waals surface area contributed by atoms with E-state index in [9.17, 15) is 9.59 Å². The van der Waals surface area contributed by atoms with E-state index in [1.165, 1.54) is 28.2 Å². The number of hydrogen-bond donors (Lipinski definition) is 2. The van der Waals surface area contributed by atoms with Gasteiger partial charge in [-0.3, -0.25) is 19.2 Å². The molecule has 2 aromatic heterocycles. The summed E-state index contributed by atoms with van der Waals surface area (Å²) in [4.78, 5) is 30.8. The van der Waals surface area contributed by atoms with Gasteiger partial charge in [0.15, 0.2) is 0 Å². The van der Waals surface area contributed by atoms with Crippen LogP contribution in [0, 0.1) is 12.8 Å². The van der Waals surface area contributed by atoms with Gasteiger partial charge in [0.2, 0.25) is 0 Å². The molecule has 1 aliphatic heterocycles. The molecule has 8 heteroatoms. The van der Waals surface area contributed by atoms with Crippen LogP contribution in [0.5, 0.6) is 0 Å². The normalized spacial score (nSPS) is 19.0. The highest BCUT2D eigenvalue weighted by Crippen LogP contribution is 2.28. The fourth-order valence-electron chi connectivity index (χ4n) is 5.30. The summed E-state index contributed by atoms with van der Waals surface area (Å²) in [5, 5.41) is 7.35. The van der Waals surface area contributed by atoms with Gasteiger partial charge in [0.05, 0.1) is 6.04 Å². The van der Waals surface area contributed by atoms with Gasteiger partial charge in [0.1, 0.15) is 17.3 Å². The maximum Gasteiger partial charge on any atom is 0.329 e. The van der Waals surface area contributed by atoms with E-state index in [0.717, 1.165) is 55.9 Å². The minimum absolute atomic E-state index is 0.0471. The van der Waals surface area contributed by atoms with Crippen LogP contribution >= 0.6 is 0 Å². The number of piperidine rings is 1. The molecule has 1 aromatic carbocycles. The van der Waals surface area contributed by atoms with Crippen LogP contribution in [0.1, 0.15) is 47.9 Å². The first-order chi connectivity index (χ1) is 16.5. The summed E-state index contributed by atoms with van der Waals surface area (Å²) in [6.07, 6.45) is 7.18. The van der Waals surface area contributed by atoms with Gasteiger partial charge in [-0.1, -0.05) is 17.3 Å². The zero-order valence-corrected chi connectivity index (χ0v) is 19.5. The van der Waals surface area contributed by atoms with E-state index in [-0.39, 0.29) is 23.2 Å². The Morgan fingerprint density at radius 2 is 2.09 bits per heavy atom. The maximum atomic E-state index is 12.9. The van der Waals surface area contributed by atoms with Crippen LogP contribution in [0.3, 0.4) is 0 Å². The molecule has 8 nitrogen and oxygen atoms in total. The lowest BCUT2D eigenvalue weighted by Gasteiger charge is -2.36. The van der Waals surface area contributed by atoms with Gasteiger partial charge in [-0.05, 0) is 74.8 Å². The van der Waals surface area contributed by atoms with Crippen molar-refractivity contribution in [1.82, 2.24) is 19.6 Å². The van der Waals surface area contributed by atoms with Gasteiger partial charge in [0, 0.05) is 30.9 Å². The number of anilines is 2. The van der Waals surface area contributed by atoms with Crippen LogP contribution in [-0.2, 0) is 19.4 Å². The quantitative estimate of drug-likeness (QED) is 0.521. The van der Waals surface area contributed by atoms with E-state index in [0.29, 0.717) is 12.4 Å². The first-order valence-corrected chi connectivity index (χ1v) is 12.0. The molecule has 3 aromatic rings. The van der Waals surface area contributed by atoms with E-state index in [1.807, 2.05) is 25.1 Å². The highest BCUT2D eigenvalue weighted by molar-refractivity contribution is 5.58. The molecule has 1 fully saturated rings. The Bertz CT molecular complexity index is 1270. The molecule has 5 rings (SSSR count). The molecule has 2 aliphatic rings. The van der Waals surface area contributed by atoms with Crippen molar-refractivity contribution in [3.8, 4) is 0 Å². The Morgan fingerprint density at radius 1 is 1.24 bits per heavy atom. The average molecular weight is 462 g/mol. The molecule has 2 atom stereocenters. The third kappa shape index (κ3) is 4.63. The third-order valence-electron chi connectivity index (χ3n) is 6.96. The number of aromatic amines is 1. The van der Waals surface area contributed by atoms with Gasteiger partial charge in [-0.2, -0.15) is 0 Å². The molecule has 1 aliphatic carbocycles. The highest BCUT2D eigenvalue weighted by Gasteiger charge is 2.28. The van der Waals surface area contributed by atoms with Crippen molar-refractivity contribution in [2.45, 2.75) is 51.6 Å². The van der Waals surface area contributed by atoms with E-state index < -0.39 is 0 Å². The van der Waals surface area contributed by atoms with E-state index in [4.69, 9.17) is 4.52 Å². The number of benzene rings is 1. The minimum Gasteiger partial charge on any atom is -0.361 e. The average Bonchev–Trinajstić information content (AvgIpc) is 3.46. The third-order valence-corrected chi connectivity index (χ3v) is 6.96. The van der Waals surface area contributed by atoms with Gasteiger partial charge >= 0.3 is 5.69 Å². The monoisotopic (exact) mass is 461 g/mol. The molecule has 2 unspecified atom stereocenters. The molecule has 0 spiro atoms. The summed E-state index contributed by atoms with van der Waals surface area (Å²) >= 11 is 0. The molecule has 34 heavy (non-hydrogen) atoms. The number of H-pyrrole nitrogens is 1. The lowest BCUT2D eigenvalue weighted by molar-refractivity contribution is 0.130. The number of likely N-dealkylation sites (tertiary alicyclic amines) is 1. The summed E-state index contributed by atoms with van der Waals surface area (Å²) in [7, 11) is 0. The molecule has 0 bridgehead atoms. The largest absolute Gasteiger partial charge is 0.361 e. The van der Waals surface area contributed by atoms with Crippen molar-refractivity contribution in [2.75, 3.05) is 18.4 Å². The van der Waals surface area contributed by atoms with E-state index in [1.54, 1.807) is 0 Å². The molecule has 1 saturated heterocycles. The Kier molecular flexibility index (Phi) is 6.24. The number of fused-ring (bicyclic) bond motifs is 1. The van der Waals surface area contributed by atoms with Crippen LogP contribution in [0.2, 0.25) is 0 Å². The number of aromatic nitrogens is 3. The molecule has 0 saturated carbocycles. The SMILES string of the molecule is C=CC(c1cc(C)on1)N1CCCC(Cn2c(=O)cc(Nc3ccc4c(c3)CCC4)[nH]c2=O)C1. The van der Waals surface area contributed by atoms with Crippen molar-refractivity contribution in [2.24, 2.45) is 5.92 Å². The molecule has 0 radical (unpaired) electrons. The Hall–Kier alpha value is -3.39. The summed E-state index contributed by atoms with van der Waals surface area (Å²) in [5.74, 6) is 1.36. The Balaban J connectivity index is 1.29. The first-order valence-electron chi connectivity index (χ1n) is 12.0. The van der Waals surface area contributed by atoms with Crippen LogP contribution in [0.4, 0.5) is 11.5 Å². The molecule has 178 valence electrons. The standard InChI is InChI=1S/C26H31N5O3/c1-3-23(22-12-17(2)34-29-22)30-11-5-6-18(15-30)16-31-25(32)14-24(28-26(31)33)27-21-10-9-19-7-4-8-20(19)13-21/h3,9-10,12-14,18,23,27H,1,4-8,11,15-16H2,2H3,(H,28,33). The van der Waals surface area contributed by atoms with Crippen molar-refractivity contribution in [3.05, 3.63) is 86.4 Å². The summed E-state index contributed by atoms with van der Waals surface area (Å²) in [6, 6.07) is 9.58. The Morgan fingerprint density at radius 3 is 2.85 bits per heavy atom. The molecule has 3 heterocycles. The van der Waals surface area contributed by atoms with E-state index >= 15 is 0 Å². The number of rotatable bonds is 7. The molecule has 2 N–H and O–H groups in total. The van der Waals surface area contributed by atoms with E-state index in [2.05, 4.69) is 39.1 Å². The van der Waals surface area contributed by atoms with Crippen LogP contribution in [0.25, 0.3) is 0 Å². The molecular weight excluding hydrogens is 430 g/mol. The zero-order chi connectivity index (χ0) is 23.7. The molecular formula is C26H31N5O3. The van der Waals surface area contributed by atoms with Crippen molar-refractivity contribution in [1.29, 1.82) is 0 Å². The van der Waals surface area contributed by atoms with Gasteiger partial charge < -0.3 is 9.84 Å². The van der Waals surface area contributed by atoms with Crippen molar-refractivity contribution < 1.29 is 4.52 Å². The van der Waals surface area contributed by atoms with Crippen molar-refractivity contribution in [3.63, 3.8) is 0 Å². The summed E-state index contributed by atoms with van der Waals surface area (Å²) in [5.41, 5.74) is 3.76. The number of aryl methyl sites for hydroxylation is 3. The number of nitrogens with zero attached hydrogens (tertiary/aromatic N) is 3. The second-order valence-corrected chi connectivity index (χ2v) is 9.45. The second-order valence-electron chi connectivity index (χ2n) is 9.45. The van der Waals surface area contributed by atoms with Crippen molar-refractivity contribution >= 4 is 11.5 Å². The lowest BCUT2D eigenvalue weighted by Crippen LogP contribution is -2.43. The zero-order valence-electron chi connectivity index (χ0n) is 19.5. The smallest absolute Gasteiger partial charge is 0.329 e.